The van der Waals surface area contributed by atoms with E-state index in [9.17, 15) is 18.4 Å². The molecule has 3 aromatic rings. The van der Waals surface area contributed by atoms with E-state index < -0.39 is 11.6 Å². The molecule has 3 heterocycles. The quantitative estimate of drug-likeness (QED) is 0.353. The van der Waals surface area contributed by atoms with Gasteiger partial charge in [0, 0.05) is 43.7 Å². The lowest BCUT2D eigenvalue weighted by atomic mass is 10.0. The highest BCUT2D eigenvalue weighted by Crippen LogP contribution is 2.31. The molecule has 5 rings (SSSR count). The average molecular weight is 527 g/mol. The Kier molecular flexibility index (Phi) is 7.43. The van der Waals surface area contributed by atoms with Crippen LogP contribution in [0.1, 0.15) is 44.1 Å². The number of aryl methyl sites for hydroxylation is 1. The number of rotatable bonds is 6. The summed E-state index contributed by atoms with van der Waals surface area (Å²) >= 11 is 6.04. The first-order chi connectivity index (χ1) is 17.9. The van der Waals surface area contributed by atoms with Crippen molar-refractivity contribution in [3.63, 3.8) is 0 Å². The summed E-state index contributed by atoms with van der Waals surface area (Å²) in [5, 5.41) is 8.13. The molecule has 0 bridgehead atoms. The Morgan fingerprint density at radius 1 is 0.973 bits per heavy atom. The number of hydrogen-bond acceptors (Lipinski definition) is 6. The first kappa shape index (κ1) is 25.2. The van der Waals surface area contributed by atoms with E-state index in [1.165, 1.54) is 0 Å². The van der Waals surface area contributed by atoms with Crippen LogP contribution < -0.4 is 4.90 Å². The summed E-state index contributed by atoms with van der Waals surface area (Å²) in [6.07, 6.45) is 1.52. The number of halogens is 3. The predicted octanol–water partition coefficient (Wildman–Crippen LogP) is 4.26. The molecule has 1 amide bonds. The SMILES string of the molecule is O=C(Cc1ccc(C(=O)N2CCOCC2)cc1)c1cc2c(nn1)CCCN2Cc1c(F)ccc(F)c1Cl. The number of nitrogens with zero attached hydrogens (tertiary/aromatic N) is 4. The number of Topliss-reactive ketones (excluding diaryl/α,β-unsaturated/α-hetero) is 1. The van der Waals surface area contributed by atoms with Crippen LogP contribution in [0.5, 0.6) is 0 Å². The highest BCUT2D eigenvalue weighted by molar-refractivity contribution is 6.31. The lowest BCUT2D eigenvalue weighted by Gasteiger charge is -2.31. The second-order valence-corrected chi connectivity index (χ2v) is 9.49. The molecule has 192 valence electrons. The lowest BCUT2D eigenvalue weighted by Crippen LogP contribution is -2.40. The van der Waals surface area contributed by atoms with E-state index in [0.29, 0.717) is 56.2 Å². The van der Waals surface area contributed by atoms with E-state index in [0.717, 1.165) is 24.1 Å². The fourth-order valence-electron chi connectivity index (χ4n) is 4.61. The number of ketones is 1. The van der Waals surface area contributed by atoms with Gasteiger partial charge in [0.1, 0.15) is 17.3 Å². The smallest absolute Gasteiger partial charge is 0.254 e. The number of carbonyl (C=O) groups excluding carboxylic acids is 2. The number of anilines is 1. The molecule has 0 N–H and O–H groups in total. The van der Waals surface area contributed by atoms with E-state index >= 15 is 0 Å². The van der Waals surface area contributed by atoms with Crippen molar-refractivity contribution in [2.24, 2.45) is 0 Å². The number of hydrogen-bond donors (Lipinski definition) is 0. The fraction of sp³-hybridized carbons (Fsp3) is 0.333. The predicted molar refractivity (Wildman–Crippen MR) is 134 cm³/mol. The molecule has 0 atom stereocenters. The maximum absolute atomic E-state index is 14.4. The third kappa shape index (κ3) is 5.47. The molecule has 2 aliphatic rings. The Balaban J connectivity index is 1.31. The second kappa shape index (κ2) is 10.9. The van der Waals surface area contributed by atoms with Crippen molar-refractivity contribution in [2.75, 3.05) is 37.7 Å². The summed E-state index contributed by atoms with van der Waals surface area (Å²) in [4.78, 5) is 29.3. The van der Waals surface area contributed by atoms with E-state index in [2.05, 4.69) is 10.2 Å². The summed E-state index contributed by atoms with van der Waals surface area (Å²) in [7, 11) is 0. The molecule has 10 heteroatoms. The second-order valence-electron chi connectivity index (χ2n) is 9.11. The zero-order valence-corrected chi connectivity index (χ0v) is 20.8. The average Bonchev–Trinajstić information content (AvgIpc) is 2.93. The van der Waals surface area contributed by atoms with Gasteiger partial charge in [-0.2, -0.15) is 5.10 Å². The molecule has 1 fully saturated rings. The third-order valence-corrected chi connectivity index (χ3v) is 7.08. The summed E-state index contributed by atoms with van der Waals surface area (Å²) in [6.45, 7) is 2.81. The monoisotopic (exact) mass is 526 g/mol. The minimum atomic E-state index is -0.684. The number of amides is 1. The maximum Gasteiger partial charge on any atom is 0.254 e. The van der Waals surface area contributed by atoms with Crippen LogP contribution in [0, 0.1) is 11.6 Å². The zero-order valence-electron chi connectivity index (χ0n) is 20.1. The molecular weight excluding hydrogens is 502 g/mol. The van der Waals surface area contributed by atoms with Gasteiger partial charge in [0.05, 0.1) is 29.6 Å². The topological polar surface area (TPSA) is 75.6 Å². The number of morpholine rings is 1. The molecule has 7 nitrogen and oxygen atoms in total. The Morgan fingerprint density at radius 3 is 2.46 bits per heavy atom. The van der Waals surface area contributed by atoms with E-state index in [-0.39, 0.29) is 40.9 Å². The molecule has 0 saturated carbocycles. The minimum absolute atomic E-state index is 0.0490. The number of benzene rings is 2. The Bertz CT molecular complexity index is 1330. The van der Waals surface area contributed by atoms with Gasteiger partial charge in [0.2, 0.25) is 0 Å². The van der Waals surface area contributed by atoms with Gasteiger partial charge in [-0.1, -0.05) is 23.7 Å². The van der Waals surface area contributed by atoms with Gasteiger partial charge in [-0.05, 0) is 48.7 Å². The van der Waals surface area contributed by atoms with Gasteiger partial charge in [-0.25, -0.2) is 8.78 Å². The van der Waals surface area contributed by atoms with Crippen LogP contribution in [0.4, 0.5) is 14.5 Å². The van der Waals surface area contributed by atoms with E-state index in [4.69, 9.17) is 16.3 Å². The van der Waals surface area contributed by atoms with Gasteiger partial charge < -0.3 is 14.5 Å². The van der Waals surface area contributed by atoms with Crippen LogP contribution in [-0.2, 0) is 24.1 Å². The first-order valence-electron chi connectivity index (χ1n) is 12.1. The number of aromatic nitrogens is 2. The first-order valence-corrected chi connectivity index (χ1v) is 12.5. The highest BCUT2D eigenvalue weighted by Gasteiger charge is 2.24. The molecular formula is C27H25ClF2N4O3. The summed E-state index contributed by atoms with van der Waals surface area (Å²) in [6, 6.07) is 10.7. The number of fused-ring (bicyclic) bond motifs is 1. The van der Waals surface area contributed by atoms with Crippen molar-refractivity contribution in [1.82, 2.24) is 15.1 Å². The van der Waals surface area contributed by atoms with Crippen molar-refractivity contribution >= 4 is 29.0 Å². The Hall–Kier alpha value is -3.43. The summed E-state index contributed by atoms with van der Waals surface area (Å²) < 4.78 is 33.6. The summed E-state index contributed by atoms with van der Waals surface area (Å²) in [5.74, 6) is -1.57. The van der Waals surface area contributed by atoms with Crippen LogP contribution in [-0.4, -0.2) is 59.6 Å². The Morgan fingerprint density at radius 2 is 1.70 bits per heavy atom. The van der Waals surface area contributed by atoms with Crippen molar-refractivity contribution in [2.45, 2.75) is 25.8 Å². The summed E-state index contributed by atoms with van der Waals surface area (Å²) in [5.41, 5.74) is 2.91. The molecule has 1 aromatic heterocycles. The Labute approximate surface area is 218 Å². The zero-order chi connectivity index (χ0) is 25.9. The largest absolute Gasteiger partial charge is 0.378 e. The van der Waals surface area contributed by atoms with Gasteiger partial charge in [0.25, 0.3) is 5.91 Å². The normalized spacial score (nSPS) is 15.4. The molecule has 1 saturated heterocycles. The van der Waals surface area contributed by atoms with Gasteiger partial charge in [0.15, 0.2) is 5.78 Å². The van der Waals surface area contributed by atoms with Gasteiger partial charge in [-0.3, -0.25) is 9.59 Å². The maximum atomic E-state index is 14.4. The number of ether oxygens (including phenoxy) is 1. The highest BCUT2D eigenvalue weighted by atomic mass is 35.5. The fourth-order valence-corrected chi connectivity index (χ4v) is 4.83. The van der Waals surface area contributed by atoms with E-state index in [1.54, 1.807) is 35.2 Å². The van der Waals surface area contributed by atoms with Crippen molar-refractivity contribution in [3.05, 3.63) is 87.2 Å². The van der Waals surface area contributed by atoms with Crippen LogP contribution >= 0.6 is 11.6 Å². The van der Waals surface area contributed by atoms with Crippen molar-refractivity contribution < 1.29 is 23.1 Å². The molecule has 0 radical (unpaired) electrons. The van der Waals surface area contributed by atoms with Crippen molar-refractivity contribution in [3.8, 4) is 0 Å². The minimum Gasteiger partial charge on any atom is -0.378 e. The van der Waals surface area contributed by atoms with Crippen LogP contribution in [0.2, 0.25) is 5.02 Å². The van der Waals surface area contributed by atoms with Gasteiger partial charge in [-0.15, -0.1) is 5.10 Å². The molecule has 0 aliphatic carbocycles. The lowest BCUT2D eigenvalue weighted by molar-refractivity contribution is 0.0303. The van der Waals surface area contributed by atoms with Crippen molar-refractivity contribution in [1.29, 1.82) is 0 Å². The van der Waals surface area contributed by atoms with Crippen LogP contribution in [0.25, 0.3) is 0 Å². The van der Waals surface area contributed by atoms with Gasteiger partial charge >= 0.3 is 0 Å². The molecule has 37 heavy (non-hydrogen) atoms. The van der Waals surface area contributed by atoms with E-state index in [1.807, 2.05) is 4.90 Å². The molecule has 0 spiro atoms. The molecule has 0 unspecified atom stereocenters. The van der Waals surface area contributed by atoms with Crippen LogP contribution in [0.3, 0.4) is 0 Å². The molecule has 2 aliphatic heterocycles. The standard InChI is InChI=1S/C27H25ClF2N4O3/c28-26-19(20(29)7-8-21(26)30)16-34-9-1-2-22-24(34)15-23(32-31-22)25(35)14-17-3-5-18(6-4-17)27(36)33-10-12-37-13-11-33/h3-8,15H,1-2,9-14,16H2. The third-order valence-electron chi connectivity index (χ3n) is 6.67. The van der Waals surface area contributed by atoms with Crippen LogP contribution in [0.15, 0.2) is 42.5 Å². The number of carbonyl (C=O) groups is 2. The molecule has 2 aromatic carbocycles.